The van der Waals surface area contributed by atoms with Gasteiger partial charge >= 0.3 is 17.1 Å². The van der Waals surface area contributed by atoms with Gasteiger partial charge in [-0.3, -0.25) is 30.8 Å². The molecule has 4 rings (SSSR count). The van der Waals surface area contributed by atoms with Crippen LogP contribution < -0.4 is 10.9 Å². The van der Waals surface area contributed by atoms with E-state index in [0.717, 1.165) is 34.2 Å². The number of pyridine rings is 2. The van der Waals surface area contributed by atoms with Crippen LogP contribution in [0.15, 0.2) is 130 Å². The Morgan fingerprint density at radius 1 is 0.564 bits per heavy atom. The predicted molar refractivity (Wildman–Crippen MR) is 161 cm³/mol. The summed E-state index contributed by atoms with van der Waals surface area (Å²) in [4.78, 5) is 16.8. The predicted octanol–water partition coefficient (Wildman–Crippen LogP) is 5.26. The van der Waals surface area contributed by atoms with E-state index >= 15 is 0 Å². The van der Waals surface area contributed by atoms with Gasteiger partial charge in [0.15, 0.2) is 0 Å². The van der Waals surface area contributed by atoms with Crippen LogP contribution in [0.5, 0.6) is 0 Å². The molecule has 0 saturated carbocycles. The molecule has 0 amide bonds. The van der Waals surface area contributed by atoms with Crippen LogP contribution in [0.2, 0.25) is 0 Å². The molecule has 0 saturated heterocycles. The average molecular weight is 595 g/mol. The van der Waals surface area contributed by atoms with E-state index in [1.54, 1.807) is 12.4 Å². The van der Waals surface area contributed by atoms with Gasteiger partial charge in [-0.05, 0) is 62.4 Å². The number of benzene rings is 2. The molecule has 0 spiro atoms. The number of rotatable bonds is 6. The summed E-state index contributed by atoms with van der Waals surface area (Å²) in [6.45, 7) is 3.72. The van der Waals surface area contributed by atoms with Crippen molar-refractivity contribution in [3.8, 4) is 0 Å². The first-order valence-corrected chi connectivity index (χ1v) is 12.4. The molecule has 0 unspecified atom stereocenters. The molecule has 0 aliphatic rings. The zero-order valence-electron chi connectivity index (χ0n) is 21.2. The monoisotopic (exact) mass is 594 g/mol. The van der Waals surface area contributed by atoms with Crippen LogP contribution in [-0.4, -0.2) is 31.7 Å². The molecular formula is C28H26FeN8S2. The molecule has 2 N–H and O–H groups in total. The van der Waals surface area contributed by atoms with Crippen molar-refractivity contribution in [1.82, 2.24) is 20.8 Å². The molecule has 39 heavy (non-hydrogen) atoms. The Labute approximate surface area is 250 Å². The van der Waals surface area contributed by atoms with E-state index in [-0.39, 0.29) is 17.1 Å². The maximum Gasteiger partial charge on any atom is 2.00 e. The summed E-state index contributed by atoms with van der Waals surface area (Å²) in [5, 5.41) is 8.96. The van der Waals surface area contributed by atoms with Gasteiger partial charge in [0.2, 0.25) is 0 Å². The van der Waals surface area contributed by atoms with Gasteiger partial charge in [-0.15, -0.1) is 0 Å². The van der Waals surface area contributed by atoms with E-state index in [4.69, 9.17) is 25.3 Å². The number of para-hydroxylation sites is 2. The largest absolute Gasteiger partial charge is 2.00 e. The van der Waals surface area contributed by atoms with Crippen LogP contribution in [0.3, 0.4) is 0 Å². The number of aliphatic imine (C=N–C) groups is 2. The Hall–Kier alpha value is -4.02. The molecule has 0 atom stereocenters. The van der Waals surface area contributed by atoms with Crippen LogP contribution >= 0.6 is 0 Å². The zero-order chi connectivity index (χ0) is 27.0. The quantitative estimate of drug-likeness (QED) is 0.104. The SMILES string of the molecule is C/C(=N\NC([S-])=Nc1ccccc1)c1ccccn1.C/C(=N\NC([S-])=Nc1ccccc1)c1ccccn1.[Fe+2]. The van der Waals surface area contributed by atoms with Gasteiger partial charge in [-0.25, -0.2) is 0 Å². The van der Waals surface area contributed by atoms with E-state index in [9.17, 15) is 0 Å². The Morgan fingerprint density at radius 2 is 0.923 bits per heavy atom. The van der Waals surface area contributed by atoms with Crippen molar-refractivity contribution in [2.24, 2.45) is 20.2 Å². The third-order valence-electron chi connectivity index (χ3n) is 4.68. The molecule has 0 fully saturated rings. The first kappa shape index (κ1) is 31.2. The maximum atomic E-state index is 5.10. The summed E-state index contributed by atoms with van der Waals surface area (Å²) in [7, 11) is 0. The van der Waals surface area contributed by atoms with Crippen molar-refractivity contribution < 1.29 is 17.1 Å². The molecular weight excluding hydrogens is 568 g/mol. The van der Waals surface area contributed by atoms with E-state index in [1.165, 1.54) is 0 Å². The maximum absolute atomic E-state index is 5.10. The van der Waals surface area contributed by atoms with Crippen LogP contribution in [0.25, 0.3) is 0 Å². The summed E-state index contributed by atoms with van der Waals surface area (Å²) in [5.74, 6) is 0. The summed E-state index contributed by atoms with van der Waals surface area (Å²) < 4.78 is 0. The van der Waals surface area contributed by atoms with Crippen molar-refractivity contribution >= 4 is 58.4 Å². The average Bonchev–Trinajstić information content (AvgIpc) is 2.97. The molecule has 11 heteroatoms. The standard InChI is InChI=1S/2C14H14N4S.Fe/c2*1-11(13-9-5-6-10-15-13)17-18-14(19)16-12-7-3-2-4-8-12;/h2*2-10H,1H3,(H2,16,18,19);/q;;+2/p-2/b2*17-11+;. The van der Waals surface area contributed by atoms with Crippen molar-refractivity contribution in [3.63, 3.8) is 0 Å². The fraction of sp³-hybridized carbons (Fsp3) is 0.0714. The van der Waals surface area contributed by atoms with Gasteiger partial charge in [-0.1, -0.05) is 48.5 Å². The summed E-state index contributed by atoms with van der Waals surface area (Å²) in [5.41, 5.74) is 10.2. The second-order valence-electron chi connectivity index (χ2n) is 7.55. The van der Waals surface area contributed by atoms with E-state index < -0.39 is 0 Å². The molecule has 8 nitrogen and oxygen atoms in total. The van der Waals surface area contributed by atoms with Crippen molar-refractivity contribution in [3.05, 3.63) is 121 Å². The van der Waals surface area contributed by atoms with Gasteiger partial charge in [-0.2, -0.15) is 10.2 Å². The molecule has 0 radical (unpaired) electrons. The third-order valence-corrected chi connectivity index (χ3v) is 5.05. The Bertz CT molecular complexity index is 1270. The van der Waals surface area contributed by atoms with Crippen molar-refractivity contribution in [1.29, 1.82) is 0 Å². The fourth-order valence-electron chi connectivity index (χ4n) is 2.82. The number of aromatic nitrogens is 2. The molecule has 2 heterocycles. The minimum Gasteiger partial charge on any atom is -0.741 e. The van der Waals surface area contributed by atoms with Crippen molar-refractivity contribution in [2.75, 3.05) is 0 Å². The normalized spacial score (nSPS) is 11.9. The van der Waals surface area contributed by atoms with Gasteiger partial charge in [0.1, 0.15) is 0 Å². The van der Waals surface area contributed by atoms with Crippen LogP contribution in [-0.2, 0) is 42.3 Å². The van der Waals surface area contributed by atoms with Gasteiger partial charge in [0.05, 0.1) is 34.2 Å². The molecule has 4 aromatic rings. The van der Waals surface area contributed by atoms with E-state index in [2.05, 4.69) is 41.0 Å². The van der Waals surface area contributed by atoms with E-state index in [1.807, 2.05) is 111 Å². The molecule has 2 aromatic carbocycles. The summed E-state index contributed by atoms with van der Waals surface area (Å²) in [6, 6.07) is 30.3. The number of hydrogen-bond donors (Lipinski definition) is 2. The second kappa shape index (κ2) is 17.5. The zero-order valence-corrected chi connectivity index (χ0v) is 24.0. The molecule has 0 bridgehead atoms. The summed E-state index contributed by atoms with van der Waals surface area (Å²) in [6.07, 6.45) is 3.45. The number of hydrogen-bond acceptors (Lipinski definition) is 8. The summed E-state index contributed by atoms with van der Waals surface area (Å²) >= 11 is 10.2. The number of amidine groups is 2. The van der Waals surface area contributed by atoms with Crippen LogP contribution in [0.4, 0.5) is 11.4 Å². The van der Waals surface area contributed by atoms with Crippen LogP contribution in [0.1, 0.15) is 25.2 Å². The first-order valence-electron chi connectivity index (χ1n) is 11.6. The smallest absolute Gasteiger partial charge is 0.741 e. The minimum absolute atomic E-state index is 0. The third kappa shape index (κ3) is 11.9. The molecule has 2 aromatic heterocycles. The fourth-order valence-corrected chi connectivity index (χ4v) is 3.12. The second-order valence-corrected chi connectivity index (χ2v) is 8.33. The number of nitrogens with zero attached hydrogens (tertiary/aromatic N) is 6. The van der Waals surface area contributed by atoms with Crippen molar-refractivity contribution in [2.45, 2.75) is 13.8 Å². The molecule has 198 valence electrons. The Kier molecular flexibility index (Phi) is 14.0. The van der Waals surface area contributed by atoms with Gasteiger partial charge in [0.25, 0.3) is 0 Å². The van der Waals surface area contributed by atoms with Gasteiger partial charge < -0.3 is 25.3 Å². The number of nitrogens with one attached hydrogen (secondary N) is 2. The molecule has 0 aliphatic carbocycles. The minimum atomic E-state index is 0. The Balaban J connectivity index is 0.000000267. The number of hydrazone groups is 2. The first-order chi connectivity index (χ1) is 18.5. The molecule has 0 aliphatic heterocycles. The van der Waals surface area contributed by atoms with E-state index in [0.29, 0.717) is 10.3 Å². The van der Waals surface area contributed by atoms with Gasteiger partial charge in [0, 0.05) is 22.7 Å². The van der Waals surface area contributed by atoms with Crippen LogP contribution in [0, 0.1) is 0 Å². The topological polar surface area (TPSA) is 99.3 Å². The Morgan fingerprint density at radius 3 is 1.26 bits per heavy atom.